The van der Waals surface area contributed by atoms with Crippen molar-refractivity contribution < 1.29 is 0 Å². The number of hydrogen-bond donors (Lipinski definition) is 0. The molecule has 0 amide bonds. The summed E-state index contributed by atoms with van der Waals surface area (Å²) >= 11 is 0. The molecule has 0 heteroatoms. The molecule has 1 saturated carbocycles. The summed E-state index contributed by atoms with van der Waals surface area (Å²) in [5.41, 5.74) is 5.36. The van der Waals surface area contributed by atoms with Crippen LogP contribution in [0.5, 0.6) is 0 Å². The maximum Gasteiger partial charge on any atom is -0.0257 e. The minimum Gasteiger partial charge on any atom is -0.0985 e. The van der Waals surface area contributed by atoms with Crippen molar-refractivity contribution in [3.63, 3.8) is 0 Å². The third-order valence-electron chi connectivity index (χ3n) is 4.99. The molecule has 1 aliphatic carbocycles. The second kappa shape index (κ2) is 14.8. The summed E-state index contributed by atoms with van der Waals surface area (Å²) in [5, 5.41) is 0. The molecule has 30 heavy (non-hydrogen) atoms. The normalized spacial score (nSPS) is 12.7. The van der Waals surface area contributed by atoms with Crippen molar-refractivity contribution in [1.82, 2.24) is 0 Å². The van der Waals surface area contributed by atoms with E-state index in [0.29, 0.717) is 0 Å². The Morgan fingerprint density at radius 3 is 1.17 bits per heavy atom. The average molecular weight is 395 g/mol. The zero-order valence-electron chi connectivity index (χ0n) is 18.0. The van der Waals surface area contributed by atoms with Gasteiger partial charge in [0.25, 0.3) is 0 Å². The number of hydrogen-bond acceptors (Lipinski definition) is 0. The van der Waals surface area contributed by atoms with Gasteiger partial charge in [-0.25, -0.2) is 0 Å². The smallest absolute Gasteiger partial charge is 0.0257 e. The Morgan fingerprint density at radius 1 is 0.467 bits per heavy atom. The Labute approximate surface area is 183 Å². The first-order chi connectivity index (χ1) is 14.8. The van der Waals surface area contributed by atoms with E-state index >= 15 is 0 Å². The molecule has 0 saturated heterocycles. The minimum absolute atomic E-state index is 1.17. The summed E-state index contributed by atoms with van der Waals surface area (Å²) < 4.78 is 0. The third kappa shape index (κ3) is 9.89. The average Bonchev–Trinajstić information content (AvgIpc) is 3.10. The van der Waals surface area contributed by atoms with E-state index in [1.54, 1.807) is 5.57 Å². The van der Waals surface area contributed by atoms with Gasteiger partial charge in [0.2, 0.25) is 0 Å². The fourth-order valence-electron chi connectivity index (χ4n) is 3.29. The molecule has 0 unspecified atom stereocenters. The number of rotatable bonds is 3. The quantitative estimate of drug-likeness (QED) is 0.389. The van der Waals surface area contributed by atoms with E-state index in [1.165, 1.54) is 55.2 Å². The van der Waals surface area contributed by atoms with Crippen LogP contribution in [0.15, 0.2) is 110 Å². The highest BCUT2D eigenvalue weighted by molar-refractivity contribution is 5.52. The number of allylic oxidation sites excluding steroid dienone is 1. The molecular formula is C30H34. The first-order valence-electron chi connectivity index (χ1n) is 10.9. The number of benzene rings is 3. The van der Waals surface area contributed by atoms with E-state index in [9.17, 15) is 0 Å². The largest absolute Gasteiger partial charge is 0.0985 e. The van der Waals surface area contributed by atoms with Crippen molar-refractivity contribution in [1.29, 1.82) is 0 Å². The van der Waals surface area contributed by atoms with Gasteiger partial charge in [0.15, 0.2) is 0 Å². The van der Waals surface area contributed by atoms with Gasteiger partial charge >= 0.3 is 0 Å². The Hall–Kier alpha value is -3.12. The van der Waals surface area contributed by atoms with E-state index in [4.69, 9.17) is 0 Å². The van der Waals surface area contributed by atoms with Gasteiger partial charge in [-0.15, -0.1) is 0 Å². The van der Waals surface area contributed by atoms with Crippen molar-refractivity contribution in [2.45, 2.75) is 38.5 Å². The minimum atomic E-state index is 1.17. The van der Waals surface area contributed by atoms with E-state index in [-0.39, 0.29) is 0 Å². The SMILES string of the molecule is C(=C1CCCCCC1)c1ccccc1.C=Cc1ccccc1.C=Cc1ccccc1. The maximum atomic E-state index is 3.63. The second-order valence-electron chi connectivity index (χ2n) is 7.36. The molecule has 0 spiro atoms. The Bertz CT molecular complexity index is 804. The molecule has 0 N–H and O–H groups in total. The molecule has 3 aromatic rings. The van der Waals surface area contributed by atoms with E-state index in [1.807, 2.05) is 72.8 Å². The molecule has 1 fully saturated rings. The lowest BCUT2D eigenvalue weighted by atomic mass is 10.0. The fraction of sp³-hybridized carbons (Fsp3) is 0.200. The van der Waals surface area contributed by atoms with Crippen molar-refractivity contribution in [2.24, 2.45) is 0 Å². The summed E-state index contributed by atoms with van der Waals surface area (Å²) in [5.74, 6) is 0. The topological polar surface area (TPSA) is 0 Å². The summed E-state index contributed by atoms with van der Waals surface area (Å²) in [6.07, 6.45) is 14.3. The van der Waals surface area contributed by atoms with Crippen LogP contribution in [0, 0.1) is 0 Å². The highest BCUT2D eigenvalue weighted by atomic mass is 14.1. The predicted octanol–water partition coefficient (Wildman–Crippen LogP) is 9.08. The molecule has 0 nitrogen and oxygen atoms in total. The van der Waals surface area contributed by atoms with E-state index < -0.39 is 0 Å². The molecule has 4 rings (SSSR count). The lowest BCUT2D eigenvalue weighted by Gasteiger charge is -2.02. The Morgan fingerprint density at radius 2 is 0.833 bits per heavy atom. The highest BCUT2D eigenvalue weighted by Crippen LogP contribution is 2.23. The van der Waals surface area contributed by atoms with E-state index in [0.717, 1.165) is 0 Å². The molecule has 154 valence electrons. The summed E-state index contributed by atoms with van der Waals surface area (Å²) in [6, 6.07) is 30.7. The first-order valence-corrected chi connectivity index (χ1v) is 10.9. The molecule has 0 atom stereocenters. The maximum absolute atomic E-state index is 3.63. The molecule has 1 aliphatic rings. The monoisotopic (exact) mass is 394 g/mol. The first kappa shape index (κ1) is 23.2. The van der Waals surface area contributed by atoms with Crippen LogP contribution in [0.1, 0.15) is 55.2 Å². The second-order valence-corrected chi connectivity index (χ2v) is 7.36. The van der Waals surface area contributed by atoms with Gasteiger partial charge < -0.3 is 0 Å². The van der Waals surface area contributed by atoms with E-state index in [2.05, 4.69) is 49.6 Å². The summed E-state index contributed by atoms with van der Waals surface area (Å²) in [7, 11) is 0. The van der Waals surface area contributed by atoms with Crippen LogP contribution >= 0.6 is 0 Å². The lowest BCUT2D eigenvalue weighted by molar-refractivity contribution is 0.702. The standard InChI is InChI=1S/C14H18.2C8H8/c1-2-5-9-13(8-4-1)12-14-10-6-3-7-11-14;2*1-2-8-6-4-3-5-7-8/h3,6-7,10-12H,1-2,4-5,8-9H2;2*2-7H,1H2. The third-order valence-corrected chi connectivity index (χ3v) is 4.99. The van der Waals surface area contributed by atoms with Gasteiger partial charge in [-0.1, -0.05) is 141 Å². The molecule has 0 aliphatic heterocycles. The van der Waals surface area contributed by atoms with Crippen molar-refractivity contribution in [2.75, 3.05) is 0 Å². The van der Waals surface area contributed by atoms with Crippen LogP contribution in [0.2, 0.25) is 0 Å². The van der Waals surface area contributed by atoms with Crippen molar-refractivity contribution in [3.8, 4) is 0 Å². The molecule has 0 heterocycles. The van der Waals surface area contributed by atoms with Gasteiger partial charge in [-0.2, -0.15) is 0 Å². The Balaban J connectivity index is 0.000000172. The van der Waals surface area contributed by atoms with Gasteiger partial charge in [-0.3, -0.25) is 0 Å². The summed E-state index contributed by atoms with van der Waals surface area (Å²) in [4.78, 5) is 0. The fourth-order valence-corrected chi connectivity index (χ4v) is 3.29. The van der Waals surface area contributed by atoms with Crippen molar-refractivity contribution in [3.05, 3.63) is 126 Å². The molecule has 0 radical (unpaired) electrons. The molecule has 0 bridgehead atoms. The molecule has 3 aromatic carbocycles. The zero-order valence-corrected chi connectivity index (χ0v) is 18.0. The molecular weight excluding hydrogens is 360 g/mol. The highest BCUT2D eigenvalue weighted by Gasteiger charge is 2.03. The van der Waals surface area contributed by atoms with Gasteiger partial charge in [0, 0.05) is 0 Å². The van der Waals surface area contributed by atoms with Gasteiger partial charge in [-0.05, 0) is 42.4 Å². The van der Waals surface area contributed by atoms with Crippen LogP contribution in [0.4, 0.5) is 0 Å². The van der Waals surface area contributed by atoms with Crippen LogP contribution in [0.3, 0.4) is 0 Å². The summed E-state index contributed by atoms with van der Waals surface area (Å²) in [6.45, 7) is 7.26. The van der Waals surface area contributed by atoms with Crippen LogP contribution < -0.4 is 0 Å². The molecule has 0 aromatic heterocycles. The zero-order chi connectivity index (χ0) is 21.3. The predicted molar refractivity (Wildman–Crippen MR) is 135 cm³/mol. The van der Waals surface area contributed by atoms with Crippen LogP contribution in [0.25, 0.3) is 18.2 Å². The van der Waals surface area contributed by atoms with Gasteiger partial charge in [0.05, 0.1) is 0 Å². The van der Waals surface area contributed by atoms with Crippen molar-refractivity contribution >= 4 is 18.2 Å². The van der Waals surface area contributed by atoms with Gasteiger partial charge in [0.1, 0.15) is 0 Å². The lowest BCUT2D eigenvalue weighted by Crippen LogP contribution is -1.81. The van der Waals surface area contributed by atoms with Crippen LogP contribution in [-0.4, -0.2) is 0 Å². The Kier molecular flexibility index (Phi) is 11.4. The van der Waals surface area contributed by atoms with Crippen LogP contribution in [-0.2, 0) is 0 Å².